The molecule has 1 aromatic carbocycles. The van der Waals surface area contributed by atoms with Gasteiger partial charge in [0.1, 0.15) is 0 Å². The summed E-state index contributed by atoms with van der Waals surface area (Å²) < 4.78 is 10.6. The fourth-order valence-electron chi connectivity index (χ4n) is 2.62. The molecule has 1 heterocycles. The van der Waals surface area contributed by atoms with E-state index in [2.05, 4.69) is 33.8 Å². The van der Waals surface area contributed by atoms with Crippen molar-refractivity contribution in [3.05, 3.63) is 22.8 Å². The standard InChI is InChI=1S/C17H26O2/c1-5-7-9-13-11-15(12(3)4)17-16(18-19-17)14(13)10-8-6-2/h11-12H,5-10H2,1-4H3. The van der Waals surface area contributed by atoms with Gasteiger partial charge < -0.3 is 0 Å². The van der Waals surface area contributed by atoms with Crippen LogP contribution in [0.1, 0.15) is 76.0 Å². The molecule has 0 aliphatic rings. The van der Waals surface area contributed by atoms with Crippen molar-refractivity contribution in [2.45, 2.75) is 72.1 Å². The second-order valence-electron chi connectivity index (χ2n) is 5.79. The summed E-state index contributed by atoms with van der Waals surface area (Å²) in [7, 11) is 0. The molecular formula is C17H26O2. The fraction of sp³-hybridized carbons (Fsp3) is 0.647. The predicted octanol–water partition coefficient (Wildman–Crippen LogP) is 5.83. The zero-order valence-corrected chi connectivity index (χ0v) is 12.7. The van der Waals surface area contributed by atoms with Crippen LogP contribution in [0.15, 0.2) is 15.2 Å². The molecular weight excluding hydrogens is 236 g/mol. The SMILES string of the molecule is CCCCc1cc(C(C)C)c2ooc2c1CCCC. The van der Waals surface area contributed by atoms with Crippen LogP contribution in [0.2, 0.25) is 0 Å². The molecule has 0 amide bonds. The molecule has 0 aliphatic heterocycles. The summed E-state index contributed by atoms with van der Waals surface area (Å²) in [5.74, 6) is 0.484. The molecule has 19 heavy (non-hydrogen) atoms. The lowest BCUT2D eigenvalue weighted by Crippen LogP contribution is -2.02. The minimum Gasteiger partial charge on any atom is -0.285 e. The van der Waals surface area contributed by atoms with Crippen LogP contribution in [0.25, 0.3) is 11.2 Å². The van der Waals surface area contributed by atoms with Crippen LogP contribution >= 0.6 is 0 Å². The summed E-state index contributed by atoms with van der Waals surface area (Å²) in [4.78, 5) is 0. The summed E-state index contributed by atoms with van der Waals surface area (Å²) in [6.45, 7) is 8.91. The first-order valence-electron chi connectivity index (χ1n) is 7.72. The van der Waals surface area contributed by atoms with E-state index in [-0.39, 0.29) is 0 Å². The minimum absolute atomic E-state index is 0.484. The predicted molar refractivity (Wildman–Crippen MR) is 79.8 cm³/mol. The molecule has 2 nitrogen and oxygen atoms in total. The van der Waals surface area contributed by atoms with Crippen molar-refractivity contribution in [1.29, 1.82) is 0 Å². The Balaban J connectivity index is 2.41. The summed E-state index contributed by atoms with van der Waals surface area (Å²) >= 11 is 0. The summed E-state index contributed by atoms with van der Waals surface area (Å²) in [5, 5.41) is 0. The Morgan fingerprint density at radius 1 is 0.947 bits per heavy atom. The van der Waals surface area contributed by atoms with E-state index in [0.717, 1.165) is 24.0 Å². The van der Waals surface area contributed by atoms with Gasteiger partial charge in [-0.25, -0.2) is 0 Å². The molecule has 0 bridgehead atoms. The van der Waals surface area contributed by atoms with E-state index >= 15 is 0 Å². The number of benzene rings is 1. The molecule has 1 aromatic heterocycles. The van der Waals surface area contributed by atoms with Crippen LogP contribution in [0.3, 0.4) is 0 Å². The highest BCUT2D eigenvalue weighted by atomic mass is 17.0. The van der Waals surface area contributed by atoms with Gasteiger partial charge >= 0.3 is 0 Å². The molecule has 106 valence electrons. The van der Waals surface area contributed by atoms with Gasteiger partial charge in [0.2, 0.25) is 11.2 Å². The second kappa shape index (κ2) is 6.31. The number of unbranched alkanes of at least 4 members (excludes halogenated alkanes) is 2. The van der Waals surface area contributed by atoms with Crippen molar-refractivity contribution in [2.75, 3.05) is 0 Å². The van der Waals surface area contributed by atoms with Crippen LogP contribution in [0, 0.1) is 0 Å². The van der Waals surface area contributed by atoms with E-state index in [1.54, 1.807) is 0 Å². The molecule has 0 radical (unpaired) electrons. The van der Waals surface area contributed by atoms with E-state index in [1.807, 2.05) is 0 Å². The number of fused-ring (bicyclic) bond motifs is 1. The molecule has 0 aliphatic carbocycles. The van der Waals surface area contributed by atoms with E-state index in [4.69, 9.17) is 9.15 Å². The van der Waals surface area contributed by atoms with Crippen molar-refractivity contribution in [3.63, 3.8) is 0 Å². The normalized spacial score (nSPS) is 11.8. The average molecular weight is 262 g/mol. The number of aryl methyl sites for hydroxylation is 2. The van der Waals surface area contributed by atoms with Gasteiger partial charge in [0, 0.05) is 11.1 Å². The summed E-state index contributed by atoms with van der Waals surface area (Å²) in [5.41, 5.74) is 6.17. The van der Waals surface area contributed by atoms with Gasteiger partial charge in [0.05, 0.1) is 0 Å². The largest absolute Gasteiger partial charge is 0.285 e. The molecule has 0 saturated carbocycles. The molecule has 0 unspecified atom stereocenters. The Hall–Kier alpha value is -1.18. The van der Waals surface area contributed by atoms with Crippen LogP contribution < -0.4 is 0 Å². The van der Waals surface area contributed by atoms with Crippen LogP contribution in [0.5, 0.6) is 0 Å². The van der Waals surface area contributed by atoms with Gasteiger partial charge in [-0.1, -0.05) is 46.6 Å². The van der Waals surface area contributed by atoms with Crippen molar-refractivity contribution in [2.24, 2.45) is 0 Å². The maximum Gasteiger partial charge on any atom is 0.229 e. The van der Waals surface area contributed by atoms with Crippen LogP contribution in [-0.2, 0) is 12.8 Å². The third kappa shape index (κ3) is 2.88. The first-order chi connectivity index (χ1) is 9.19. The molecule has 0 N–H and O–H groups in total. The van der Waals surface area contributed by atoms with Crippen molar-refractivity contribution >= 4 is 11.2 Å². The molecule has 0 saturated heterocycles. The zero-order valence-electron chi connectivity index (χ0n) is 12.7. The minimum atomic E-state index is 0.484. The van der Waals surface area contributed by atoms with Crippen molar-refractivity contribution in [1.82, 2.24) is 0 Å². The quantitative estimate of drug-likeness (QED) is 0.586. The molecule has 0 atom stereocenters. The lowest BCUT2D eigenvalue weighted by atomic mass is 9.91. The topological polar surface area (TPSA) is 26.3 Å². The van der Waals surface area contributed by atoms with Gasteiger partial charge in [-0.2, -0.15) is 0 Å². The van der Waals surface area contributed by atoms with E-state index < -0.39 is 0 Å². The number of hydrogen-bond acceptors (Lipinski definition) is 2. The Kier molecular flexibility index (Phi) is 4.73. The highest BCUT2D eigenvalue weighted by Gasteiger charge is 2.21. The highest BCUT2D eigenvalue weighted by Crippen LogP contribution is 2.35. The van der Waals surface area contributed by atoms with Gasteiger partial charge in [-0.3, -0.25) is 9.15 Å². The maximum atomic E-state index is 5.32. The van der Waals surface area contributed by atoms with Gasteiger partial charge in [-0.15, -0.1) is 0 Å². The molecule has 2 heteroatoms. The summed E-state index contributed by atoms with van der Waals surface area (Å²) in [6, 6.07) is 2.35. The average Bonchev–Trinajstić information content (AvgIpc) is 2.35. The molecule has 2 aromatic rings. The van der Waals surface area contributed by atoms with E-state index in [0.29, 0.717) is 5.92 Å². The third-order valence-electron chi connectivity index (χ3n) is 3.87. The number of rotatable bonds is 7. The van der Waals surface area contributed by atoms with Gasteiger partial charge in [0.25, 0.3) is 0 Å². The van der Waals surface area contributed by atoms with Crippen molar-refractivity contribution < 1.29 is 9.15 Å². The second-order valence-corrected chi connectivity index (χ2v) is 5.79. The Morgan fingerprint density at radius 3 is 2.11 bits per heavy atom. The Morgan fingerprint density at radius 2 is 1.58 bits per heavy atom. The first kappa shape index (κ1) is 14.2. The van der Waals surface area contributed by atoms with Crippen LogP contribution in [-0.4, -0.2) is 0 Å². The summed E-state index contributed by atoms with van der Waals surface area (Å²) in [6.07, 6.45) is 7.19. The smallest absolute Gasteiger partial charge is 0.229 e. The zero-order chi connectivity index (χ0) is 13.8. The molecule has 0 spiro atoms. The van der Waals surface area contributed by atoms with Gasteiger partial charge in [0.15, 0.2) is 0 Å². The first-order valence-corrected chi connectivity index (χ1v) is 7.72. The maximum absolute atomic E-state index is 5.32. The fourth-order valence-corrected chi connectivity index (χ4v) is 2.62. The Bertz CT molecular complexity index is 517. The Labute approximate surface area is 116 Å². The molecule has 2 rings (SSSR count). The lowest BCUT2D eigenvalue weighted by molar-refractivity contribution is 0.0568. The lowest BCUT2D eigenvalue weighted by Gasteiger charge is -2.17. The molecule has 0 fully saturated rings. The number of hydrogen-bond donors (Lipinski definition) is 0. The third-order valence-corrected chi connectivity index (χ3v) is 3.87. The van der Waals surface area contributed by atoms with Crippen LogP contribution in [0.4, 0.5) is 0 Å². The highest BCUT2D eigenvalue weighted by molar-refractivity contribution is 5.80. The van der Waals surface area contributed by atoms with E-state index in [1.165, 1.54) is 42.4 Å². The van der Waals surface area contributed by atoms with Crippen molar-refractivity contribution in [3.8, 4) is 0 Å². The van der Waals surface area contributed by atoms with Gasteiger partial charge in [-0.05, 0) is 37.2 Å². The monoisotopic (exact) mass is 262 g/mol. The van der Waals surface area contributed by atoms with E-state index in [9.17, 15) is 0 Å².